The Bertz CT molecular complexity index is 322. The van der Waals surface area contributed by atoms with Crippen LogP contribution in [0.2, 0.25) is 0 Å². The molecule has 114 valence electrons. The summed E-state index contributed by atoms with van der Waals surface area (Å²) in [5.41, 5.74) is 0. The first-order valence-corrected chi connectivity index (χ1v) is 8.55. The number of hydrogen-bond acceptors (Lipinski definition) is 3. The monoisotopic (exact) mass is 279 g/mol. The molecule has 0 spiro atoms. The quantitative estimate of drug-likeness (QED) is 0.827. The van der Waals surface area contributed by atoms with E-state index in [1.54, 1.807) is 0 Å². The lowest BCUT2D eigenvalue weighted by Gasteiger charge is -2.21. The lowest BCUT2D eigenvalue weighted by molar-refractivity contribution is -0.130. The summed E-state index contributed by atoms with van der Waals surface area (Å²) in [5, 5.41) is 3.41. The van der Waals surface area contributed by atoms with Gasteiger partial charge in [0.25, 0.3) is 0 Å². The second kappa shape index (κ2) is 6.90. The predicted octanol–water partition coefficient (Wildman–Crippen LogP) is 1.46. The van der Waals surface area contributed by atoms with Crippen LogP contribution in [0.15, 0.2) is 0 Å². The van der Waals surface area contributed by atoms with Crippen LogP contribution in [0.1, 0.15) is 44.9 Å². The summed E-state index contributed by atoms with van der Waals surface area (Å²) in [6.45, 7) is 6.02. The minimum Gasteiger partial charge on any atom is -0.342 e. The van der Waals surface area contributed by atoms with Crippen molar-refractivity contribution in [2.75, 3.05) is 39.3 Å². The highest BCUT2D eigenvalue weighted by Gasteiger charge is 2.34. The number of hydrogen-bond donors (Lipinski definition) is 1. The number of carbonyl (C=O) groups is 1. The van der Waals surface area contributed by atoms with Gasteiger partial charge in [-0.15, -0.1) is 0 Å². The number of amides is 1. The topological polar surface area (TPSA) is 35.6 Å². The number of nitrogens with zero attached hydrogens (tertiary/aromatic N) is 2. The highest BCUT2D eigenvalue weighted by molar-refractivity contribution is 5.78. The van der Waals surface area contributed by atoms with E-state index >= 15 is 0 Å². The van der Waals surface area contributed by atoms with Crippen LogP contribution in [-0.2, 0) is 4.79 Å². The highest BCUT2D eigenvalue weighted by atomic mass is 16.2. The van der Waals surface area contributed by atoms with Crippen LogP contribution in [0.4, 0.5) is 0 Å². The maximum atomic E-state index is 12.2. The lowest BCUT2D eigenvalue weighted by atomic mass is 10.1. The van der Waals surface area contributed by atoms with Crippen LogP contribution < -0.4 is 5.32 Å². The minimum absolute atomic E-state index is 0.309. The molecule has 4 nitrogen and oxygen atoms in total. The molecule has 0 aromatic rings. The third-order valence-electron chi connectivity index (χ3n) is 5.05. The normalized spacial score (nSPS) is 28.6. The molecule has 0 bridgehead atoms. The van der Waals surface area contributed by atoms with Gasteiger partial charge in [-0.3, -0.25) is 4.79 Å². The van der Waals surface area contributed by atoms with Gasteiger partial charge in [0.05, 0.1) is 6.54 Å². The Labute approximate surface area is 122 Å². The molecule has 2 aliphatic heterocycles. The zero-order valence-corrected chi connectivity index (χ0v) is 12.6. The van der Waals surface area contributed by atoms with Crippen molar-refractivity contribution in [1.29, 1.82) is 0 Å². The highest BCUT2D eigenvalue weighted by Crippen LogP contribution is 2.31. The van der Waals surface area contributed by atoms with E-state index in [9.17, 15) is 4.79 Å². The molecule has 3 fully saturated rings. The molecule has 0 aromatic heterocycles. The van der Waals surface area contributed by atoms with E-state index in [4.69, 9.17) is 0 Å². The van der Waals surface area contributed by atoms with Gasteiger partial charge in [0, 0.05) is 25.7 Å². The largest absolute Gasteiger partial charge is 0.342 e. The molecule has 4 heteroatoms. The molecular formula is C16H29N3O. The van der Waals surface area contributed by atoms with Gasteiger partial charge in [-0.2, -0.15) is 0 Å². The molecule has 1 N–H and O–H groups in total. The smallest absolute Gasteiger partial charge is 0.236 e. The van der Waals surface area contributed by atoms with E-state index in [1.807, 2.05) is 0 Å². The Morgan fingerprint density at radius 1 is 1.00 bits per heavy atom. The van der Waals surface area contributed by atoms with Crippen LogP contribution in [0.3, 0.4) is 0 Å². The van der Waals surface area contributed by atoms with Crippen LogP contribution >= 0.6 is 0 Å². The van der Waals surface area contributed by atoms with E-state index < -0.39 is 0 Å². The van der Waals surface area contributed by atoms with Crippen molar-refractivity contribution in [3.63, 3.8) is 0 Å². The van der Waals surface area contributed by atoms with Crippen molar-refractivity contribution in [1.82, 2.24) is 15.1 Å². The molecule has 2 heterocycles. The Balaban J connectivity index is 1.31. The predicted molar refractivity (Wildman–Crippen MR) is 80.6 cm³/mol. The molecule has 1 atom stereocenters. The number of rotatable bonds is 5. The summed E-state index contributed by atoms with van der Waals surface area (Å²) in [7, 11) is 0. The van der Waals surface area contributed by atoms with Crippen LogP contribution in [0.25, 0.3) is 0 Å². The maximum absolute atomic E-state index is 12.2. The second-order valence-electron chi connectivity index (χ2n) is 6.81. The fourth-order valence-corrected chi connectivity index (χ4v) is 3.62. The summed E-state index contributed by atoms with van der Waals surface area (Å²) in [6.07, 6.45) is 9.07. The number of carbonyl (C=O) groups excluding carboxylic acids is 1. The van der Waals surface area contributed by atoms with Gasteiger partial charge < -0.3 is 15.1 Å². The first-order valence-electron chi connectivity index (χ1n) is 8.55. The second-order valence-corrected chi connectivity index (χ2v) is 6.81. The Hall–Kier alpha value is -0.610. The Morgan fingerprint density at radius 3 is 2.45 bits per heavy atom. The molecule has 1 aliphatic carbocycles. The van der Waals surface area contributed by atoms with Crippen molar-refractivity contribution in [3.05, 3.63) is 0 Å². The molecule has 1 amide bonds. The summed E-state index contributed by atoms with van der Waals surface area (Å²) < 4.78 is 0. The molecular weight excluding hydrogens is 250 g/mol. The molecule has 3 aliphatic rings. The first kappa shape index (κ1) is 14.3. The Kier molecular flexibility index (Phi) is 4.94. The number of nitrogens with one attached hydrogen (secondary N) is 1. The van der Waals surface area contributed by atoms with Crippen molar-refractivity contribution in [2.24, 2.45) is 5.92 Å². The minimum atomic E-state index is 0.309. The van der Waals surface area contributed by atoms with E-state index in [1.165, 1.54) is 58.0 Å². The van der Waals surface area contributed by atoms with Gasteiger partial charge in [0.2, 0.25) is 5.91 Å². The fourth-order valence-electron chi connectivity index (χ4n) is 3.62. The van der Waals surface area contributed by atoms with Crippen molar-refractivity contribution >= 4 is 5.91 Å². The van der Waals surface area contributed by atoms with Gasteiger partial charge >= 0.3 is 0 Å². The first-order chi connectivity index (χ1) is 9.83. The average molecular weight is 279 g/mol. The summed E-state index contributed by atoms with van der Waals surface area (Å²) >= 11 is 0. The van der Waals surface area contributed by atoms with Gasteiger partial charge in [-0.1, -0.05) is 12.8 Å². The van der Waals surface area contributed by atoms with E-state index in [0.717, 1.165) is 31.6 Å². The van der Waals surface area contributed by atoms with Crippen LogP contribution in [0, 0.1) is 5.92 Å². The number of likely N-dealkylation sites (tertiary alicyclic amines) is 2. The molecule has 0 aromatic carbocycles. The summed E-state index contributed by atoms with van der Waals surface area (Å²) in [6, 6.07) is 0.902. The van der Waals surface area contributed by atoms with Crippen molar-refractivity contribution < 1.29 is 4.79 Å². The van der Waals surface area contributed by atoms with E-state index in [-0.39, 0.29) is 0 Å². The lowest BCUT2D eigenvalue weighted by Crippen LogP contribution is -2.40. The zero-order chi connectivity index (χ0) is 13.8. The molecule has 20 heavy (non-hydrogen) atoms. The molecule has 1 saturated carbocycles. The SMILES string of the molecule is O=C(CNCC1CCN(C2CC2)C1)N1CCCCCC1. The molecule has 3 rings (SSSR count). The standard InChI is InChI=1S/C16H29N3O/c20-16(18-8-3-1-2-4-9-18)12-17-11-14-7-10-19(13-14)15-5-6-15/h14-15,17H,1-13H2. The molecule has 0 radical (unpaired) electrons. The van der Waals surface area contributed by atoms with Crippen LogP contribution in [-0.4, -0.2) is 61.0 Å². The summed E-state index contributed by atoms with van der Waals surface area (Å²) in [4.78, 5) is 16.9. The summed E-state index contributed by atoms with van der Waals surface area (Å²) in [5.74, 6) is 1.07. The Morgan fingerprint density at radius 2 is 1.75 bits per heavy atom. The molecule has 1 unspecified atom stereocenters. The van der Waals surface area contributed by atoms with Crippen molar-refractivity contribution in [2.45, 2.75) is 51.0 Å². The van der Waals surface area contributed by atoms with Gasteiger partial charge in [0.15, 0.2) is 0 Å². The average Bonchev–Trinajstić information content (AvgIpc) is 3.24. The van der Waals surface area contributed by atoms with Gasteiger partial charge in [-0.25, -0.2) is 0 Å². The van der Waals surface area contributed by atoms with Gasteiger partial charge in [-0.05, 0) is 51.1 Å². The van der Waals surface area contributed by atoms with Crippen LogP contribution in [0.5, 0.6) is 0 Å². The van der Waals surface area contributed by atoms with Gasteiger partial charge in [0.1, 0.15) is 0 Å². The van der Waals surface area contributed by atoms with Crippen molar-refractivity contribution in [3.8, 4) is 0 Å². The third-order valence-corrected chi connectivity index (χ3v) is 5.05. The zero-order valence-electron chi connectivity index (χ0n) is 12.6. The fraction of sp³-hybridized carbons (Fsp3) is 0.938. The third kappa shape index (κ3) is 3.95. The maximum Gasteiger partial charge on any atom is 0.236 e. The van der Waals surface area contributed by atoms with E-state index in [2.05, 4.69) is 15.1 Å². The van der Waals surface area contributed by atoms with E-state index in [0.29, 0.717) is 12.5 Å². The molecule has 2 saturated heterocycles.